The summed E-state index contributed by atoms with van der Waals surface area (Å²) in [5, 5.41) is 3.20. The molecule has 1 N–H and O–H groups in total. The smallest absolute Gasteiger partial charge is 0.338 e. The van der Waals surface area contributed by atoms with Crippen molar-refractivity contribution in [3.05, 3.63) is 68.8 Å². The highest BCUT2D eigenvalue weighted by molar-refractivity contribution is 6.53. The Bertz CT molecular complexity index is 1030. The van der Waals surface area contributed by atoms with Crippen molar-refractivity contribution in [2.75, 3.05) is 10.2 Å². The van der Waals surface area contributed by atoms with Crippen LogP contribution in [0.1, 0.15) is 24.2 Å². The highest BCUT2D eigenvalue weighted by Crippen LogP contribution is 2.32. The lowest BCUT2D eigenvalue weighted by Crippen LogP contribution is -2.32. The lowest BCUT2D eigenvalue weighted by molar-refractivity contribution is -0.120. The number of nitrogens with zero attached hydrogens (tertiary/aromatic N) is 1. The Morgan fingerprint density at radius 2 is 1.66 bits per heavy atom. The molecule has 3 rings (SSSR count). The van der Waals surface area contributed by atoms with Crippen molar-refractivity contribution < 1.29 is 19.1 Å². The van der Waals surface area contributed by atoms with Crippen molar-refractivity contribution >= 4 is 64.0 Å². The summed E-state index contributed by atoms with van der Waals surface area (Å²) < 4.78 is 5.15. The maximum atomic E-state index is 12.9. The number of rotatable bonds is 5. The summed E-state index contributed by atoms with van der Waals surface area (Å²) in [6, 6.07) is 10.6. The number of hydrogen-bond acceptors (Lipinski definition) is 5. The van der Waals surface area contributed by atoms with Crippen molar-refractivity contribution in [3.63, 3.8) is 0 Å². The van der Waals surface area contributed by atoms with Crippen LogP contribution >= 0.6 is 34.8 Å². The van der Waals surface area contributed by atoms with E-state index in [0.717, 1.165) is 4.90 Å². The Labute approximate surface area is 182 Å². The fraction of sp³-hybridized carbons (Fsp3) is 0.150. The average molecular weight is 454 g/mol. The van der Waals surface area contributed by atoms with Gasteiger partial charge in [-0.2, -0.15) is 0 Å². The summed E-state index contributed by atoms with van der Waals surface area (Å²) in [5.74, 6) is -1.96. The van der Waals surface area contributed by atoms with E-state index in [4.69, 9.17) is 39.5 Å². The Kier molecular flexibility index (Phi) is 6.17. The molecule has 9 heteroatoms. The normalized spacial score (nSPS) is 14.1. The molecule has 2 aromatic rings. The van der Waals surface area contributed by atoms with Crippen molar-refractivity contribution in [2.45, 2.75) is 20.0 Å². The molecule has 1 aliphatic rings. The second-order valence-corrected chi connectivity index (χ2v) is 7.67. The van der Waals surface area contributed by atoms with Crippen molar-refractivity contribution in [1.82, 2.24) is 0 Å². The number of carbonyl (C=O) groups is 3. The Morgan fingerprint density at radius 1 is 1.00 bits per heavy atom. The summed E-state index contributed by atoms with van der Waals surface area (Å²) in [6.45, 7) is 3.44. The molecule has 0 atom stereocenters. The van der Waals surface area contributed by atoms with Crippen molar-refractivity contribution in [1.29, 1.82) is 0 Å². The molecule has 150 valence electrons. The topological polar surface area (TPSA) is 75.7 Å². The summed E-state index contributed by atoms with van der Waals surface area (Å²) in [5.41, 5.74) is 0.673. The maximum absolute atomic E-state index is 12.9. The number of imide groups is 1. The fourth-order valence-electron chi connectivity index (χ4n) is 2.67. The molecule has 2 amide bonds. The van der Waals surface area contributed by atoms with Gasteiger partial charge >= 0.3 is 5.97 Å². The minimum Gasteiger partial charge on any atom is -0.459 e. The lowest BCUT2D eigenvalue weighted by atomic mass is 10.2. The number of nitrogens with one attached hydrogen (secondary N) is 1. The fourth-order valence-corrected chi connectivity index (χ4v) is 3.41. The van der Waals surface area contributed by atoms with Gasteiger partial charge in [0.2, 0.25) is 0 Å². The Morgan fingerprint density at radius 3 is 2.28 bits per heavy atom. The quantitative estimate of drug-likeness (QED) is 0.509. The summed E-state index contributed by atoms with van der Waals surface area (Å²) in [7, 11) is 0. The molecule has 0 saturated carbocycles. The van der Waals surface area contributed by atoms with Crippen molar-refractivity contribution in [2.24, 2.45) is 0 Å². The standard InChI is InChI=1S/C20H15Cl3N2O4/c1-10(2)29-20(28)11-4-3-5-15(6-11)25-18(26)16(23)17(19(25)27)24-14-8-12(21)7-13(22)9-14/h3-10,24H,1-2H3. The van der Waals surface area contributed by atoms with Crippen LogP contribution in [0.3, 0.4) is 0 Å². The van der Waals surface area contributed by atoms with E-state index in [9.17, 15) is 14.4 Å². The molecule has 0 fully saturated rings. The molecule has 1 heterocycles. The first-order valence-electron chi connectivity index (χ1n) is 8.50. The first-order valence-corrected chi connectivity index (χ1v) is 9.63. The predicted octanol–water partition coefficient (Wildman–Crippen LogP) is 4.99. The molecular formula is C20H15Cl3N2O4. The molecule has 29 heavy (non-hydrogen) atoms. The SMILES string of the molecule is CC(C)OC(=O)c1cccc(N2C(=O)C(Cl)=C(Nc3cc(Cl)cc(Cl)c3)C2=O)c1. The molecular weight excluding hydrogens is 439 g/mol. The molecule has 0 spiro atoms. The first-order chi connectivity index (χ1) is 13.7. The van der Waals surface area contributed by atoms with Crippen molar-refractivity contribution in [3.8, 4) is 0 Å². The molecule has 1 aliphatic heterocycles. The number of benzene rings is 2. The zero-order valence-corrected chi connectivity index (χ0v) is 17.6. The molecule has 2 aromatic carbocycles. The second kappa shape index (κ2) is 8.45. The van der Waals surface area contributed by atoms with Crippen LogP contribution in [0.15, 0.2) is 53.2 Å². The van der Waals surface area contributed by atoms with Gasteiger partial charge < -0.3 is 10.1 Å². The molecule has 0 unspecified atom stereocenters. The van der Waals surface area contributed by atoms with Gasteiger partial charge in [0, 0.05) is 15.7 Å². The molecule has 0 saturated heterocycles. The average Bonchev–Trinajstić information content (AvgIpc) is 2.84. The van der Waals surface area contributed by atoms with E-state index in [1.54, 1.807) is 19.9 Å². The zero-order chi connectivity index (χ0) is 21.3. The van der Waals surface area contributed by atoms with Crippen LogP contribution in [0, 0.1) is 0 Å². The second-order valence-electron chi connectivity index (χ2n) is 6.42. The van der Waals surface area contributed by atoms with Gasteiger partial charge in [0.25, 0.3) is 11.8 Å². The summed E-state index contributed by atoms with van der Waals surface area (Å²) >= 11 is 18.0. The van der Waals surface area contributed by atoms with Crippen LogP contribution in [-0.4, -0.2) is 23.9 Å². The van der Waals surface area contributed by atoms with E-state index < -0.39 is 17.8 Å². The van der Waals surface area contributed by atoms with Gasteiger partial charge in [0.1, 0.15) is 10.7 Å². The minimum atomic E-state index is -0.721. The minimum absolute atomic E-state index is 0.120. The van der Waals surface area contributed by atoms with Crippen LogP contribution in [0.2, 0.25) is 10.0 Å². The highest BCUT2D eigenvalue weighted by Gasteiger charge is 2.39. The summed E-state index contributed by atoms with van der Waals surface area (Å²) in [6.07, 6.45) is -0.308. The molecule has 0 radical (unpaired) electrons. The summed E-state index contributed by atoms with van der Waals surface area (Å²) in [4.78, 5) is 38.5. The van der Waals surface area contributed by atoms with Crippen LogP contribution in [0.4, 0.5) is 11.4 Å². The van der Waals surface area contributed by atoms with Crippen LogP contribution in [-0.2, 0) is 14.3 Å². The van der Waals surface area contributed by atoms with Crippen LogP contribution in [0.5, 0.6) is 0 Å². The van der Waals surface area contributed by atoms with Gasteiger partial charge in [0.15, 0.2) is 0 Å². The van der Waals surface area contributed by atoms with Crippen LogP contribution in [0.25, 0.3) is 0 Å². The van der Waals surface area contributed by atoms with Gasteiger partial charge in [-0.15, -0.1) is 0 Å². The Hall–Kier alpha value is -2.54. The first kappa shape index (κ1) is 21.2. The van der Waals surface area contributed by atoms with E-state index in [1.165, 1.54) is 36.4 Å². The van der Waals surface area contributed by atoms with E-state index in [1.807, 2.05) is 0 Å². The molecule has 0 aromatic heterocycles. The highest BCUT2D eigenvalue weighted by atomic mass is 35.5. The zero-order valence-electron chi connectivity index (χ0n) is 15.3. The van der Waals surface area contributed by atoms with Gasteiger partial charge in [0.05, 0.1) is 17.4 Å². The monoisotopic (exact) mass is 452 g/mol. The molecule has 6 nitrogen and oxygen atoms in total. The van der Waals surface area contributed by atoms with E-state index >= 15 is 0 Å². The number of anilines is 2. The number of esters is 1. The maximum Gasteiger partial charge on any atom is 0.338 e. The predicted molar refractivity (Wildman–Crippen MR) is 112 cm³/mol. The number of carbonyl (C=O) groups excluding carboxylic acids is 3. The third kappa shape index (κ3) is 4.56. The van der Waals surface area contributed by atoms with E-state index in [-0.39, 0.29) is 28.1 Å². The Balaban J connectivity index is 1.89. The number of ether oxygens (including phenoxy) is 1. The third-order valence-electron chi connectivity index (χ3n) is 3.84. The lowest BCUT2D eigenvalue weighted by Gasteiger charge is -2.16. The van der Waals surface area contributed by atoms with E-state index in [2.05, 4.69) is 5.32 Å². The van der Waals surface area contributed by atoms with Gasteiger partial charge in [-0.3, -0.25) is 9.59 Å². The van der Waals surface area contributed by atoms with Gasteiger partial charge in [-0.05, 0) is 50.2 Å². The number of hydrogen-bond donors (Lipinski definition) is 1. The molecule has 0 bridgehead atoms. The number of halogens is 3. The van der Waals surface area contributed by atoms with Gasteiger partial charge in [-0.25, -0.2) is 9.69 Å². The third-order valence-corrected chi connectivity index (χ3v) is 4.63. The van der Waals surface area contributed by atoms with Crippen LogP contribution < -0.4 is 10.2 Å². The van der Waals surface area contributed by atoms with Gasteiger partial charge in [-0.1, -0.05) is 40.9 Å². The largest absolute Gasteiger partial charge is 0.459 e. The molecule has 0 aliphatic carbocycles. The van der Waals surface area contributed by atoms with E-state index in [0.29, 0.717) is 15.7 Å². The number of amides is 2.